The molecule has 9 nitrogen and oxygen atoms in total. The number of pyridine rings is 1. The molecule has 4 rings (SSSR count). The van der Waals surface area contributed by atoms with E-state index in [0.29, 0.717) is 40.2 Å². The number of aromatic nitrogens is 2. The highest BCUT2D eigenvalue weighted by Crippen LogP contribution is 2.35. The Bertz CT molecular complexity index is 1610. The van der Waals surface area contributed by atoms with Crippen molar-refractivity contribution in [1.82, 2.24) is 19.8 Å². The van der Waals surface area contributed by atoms with E-state index in [-0.39, 0.29) is 23.4 Å². The number of hydrogen-bond acceptors (Lipinski definition) is 8. The lowest BCUT2D eigenvalue weighted by Crippen LogP contribution is -2.33. The van der Waals surface area contributed by atoms with Gasteiger partial charge in [-0.2, -0.15) is 13.2 Å². The van der Waals surface area contributed by atoms with E-state index in [1.54, 1.807) is 37.4 Å². The van der Waals surface area contributed by atoms with E-state index >= 15 is 0 Å². The van der Waals surface area contributed by atoms with Crippen LogP contribution in [0.5, 0.6) is 0 Å². The molecule has 2 aromatic carbocycles. The number of nitrogens with one attached hydrogen (secondary N) is 3. The third-order valence-electron chi connectivity index (χ3n) is 7.23. The maximum Gasteiger partial charge on any atom is 0.416 e. The van der Waals surface area contributed by atoms with Gasteiger partial charge in [-0.3, -0.25) is 14.5 Å². The predicted molar refractivity (Wildman–Crippen MR) is 172 cm³/mol. The van der Waals surface area contributed by atoms with Gasteiger partial charge in [-0.1, -0.05) is 43.4 Å². The fraction of sp³-hybridized carbons (Fsp3) is 0.312. The van der Waals surface area contributed by atoms with E-state index in [1.807, 2.05) is 31.9 Å². The largest absolute Gasteiger partial charge is 0.416 e. The molecule has 0 aliphatic carbocycles. The summed E-state index contributed by atoms with van der Waals surface area (Å²) in [5.41, 5.74) is 0.635. The first kappa shape index (κ1) is 33.6. The first-order chi connectivity index (χ1) is 21.5. The van der Waals surface area contributed by atoms with Gasteiger partial charge < -0.3 is 20.9 Å². The summed E-state index contributed by atoms with van der Waals surface area (Å²) < 4.78 is 42.3. The highest BCUT2D eigenvalue weighted by atomic mass is 32.1. The standard InChI is InChI=1S/C32H36F3N7O2S/c1-5-41(4)15-16-42(6-2)20-23-12-13-24(18-25(23)32(33,34)35)38-29(43)22-11-10-21(3)26(17-22)39-30(44)27-19-37-31(45-27)40-28-9-7-8-14-36-28/h7-14,17-19H,5-6,15-16,20H2,1-4H3,(H,38,43)(H,39,44)(H,36,37,40). The Morgan fingerprint density at radius 3 is 2.42 bits per heavy atom. The van der Waals surface area contributed by atoms with Gasteiger partial charge >= 0.3 is 6.18 Å². The molecule has 0 saturated heterocycles. The summed E-state index contributed by atoms with van der Waals surface area (Å²) in [5.74, 6) is -0.442. The maximum atomic E-state index is 14.1. The van der Waals surface area contributed by atoms with Gasteiger partial charge in [0, 0.05) is 42.8 Å². The number of nitrogens with zero attached hydrogens (tertiary/aromatic N) is 4. The second-order valence-corrected chi connectivity index (χ2v) is 11.5. The number of likely N-dealkylation sites (N-methyl/N-ethyl adjacent to an activating group) is 2. The average molecular weight is 640 g/mol. The van der Waals surface area contributed by atoms with Crippen LogP contribution in [0.1, 0.15) is 50.6 Å². The van der Waals surface area contributed by atoms with E-state index in [2.05, 4.69) is 30.8 Å². The lowest BCUT2D eigenvalue weighted by molar-refractivity contribution is -0.138. The average Bonchev–Trinajstić information content (AvgIpc) is 3.49. The van der Waals surface area contributed by atoms with E-state index < -0.39 is 23.6 Å². The summed E-state index contributed by atoms with van der Waals surface area (Å²) in [4.78, 5) is 38.9. The van der Waals surface area contributed by atoms with Crippen LogP contribution >= 0.6 is 11.3 Å². The zero-order chi connectivity index (χ0) is 32.6. The number of carbonyl (C=O) groups excluding carboxylic acids is 2. The summed E-state index contributed by atoms with van der Waals surface area (Å²) in [5, 5.41) is 8.89. The molecule has 0 spiro atoms. The van der Waals surface area contributed by atoms with Crippen LogP contribution in [0.4, 0.5) is 35.5 Å². The molecule has 0 aliphatic heterocycles. The second-order valence-electron chi connectivity index (χ2n) is 10.4. The zero-order valence-electron chi connectivity index (χ0n) is 25.5. The van der Waals surface area contributed by atoms with Gasteiger partial charge in [0.2, 0.25) is 0 Å². The number of thiazole rings is 1. The Hall–Kier alpha value is -4.33. The number of alkyl halides is 3. The molecule has 0 bridgehead atoms. The smallest absolute Gasteiger partial charge is 0.322 e. The minimum absolute atomic E-state index is 0.0218. The number of rotatable bonds is 13. The molecule has 238 valence electrons. The molecule has 2 aromatic heterocycles. The first-order valence-electron chi connectivity index (χ1n) is 14.4. The lowest BCUT2D eigenvalue weighted by atomic mass is 10.0. The second kappa shape index (κ2) is 15.1. The zero-order valence-corrected chi connectivity index (χ0v) is 26.4. The third kappa shape index (κ3) is 9.33. The number of hydrogen-bond donors (Lipinski definition) is 3. The van der Waals surface area contributed by atoms with E-state index in [4.69, 9.17) is 0 Å². The topological polar surface area (TPSA) is 102 Å². The third-order valence-corrected chi connectivity index (χ3v) is 8.14. The molecular weight excluding hydrogens is 603 g/mol. The van der Waals surface area contributed by atoms with E-state index in [0.717, 1.165) is 30.5 Å². The van der Waals surface area contributed by atoms with E-state index in [9.17, 15) is 22.8 Å². The number of benzene rings is 2. The maximum absolute atomic E-state index is 14.1. The molecule has 0 saturated carbocycles. The predicted octanol–water partition coefficient (Wildman–Crippen LogP) is 6.89. The van der Waals surface area contributed by atoms with Crippen molar-refractivity contribution in [3.05, 3.63) is 94.1 Å². The van der Waals surface area contributed by atoms with Crippen molar-refractivity contribution in [2.24, 2.45) is 0 Å². The fourth-order valence-electron chi connectivity index (χ4n) is 4.38. The Kier molecular flexibility index (Phi) is 11.3. The van der Waals surface area contributed by atoms with Gasteiger partial charge in [-0.25, -0.2) is 9.97 Å². The summed E-state index contributed by atoms with van der Waals surface area (Å²) >= 11 is 1.14. The Balaban J connectivity index is 1.45. The number of carbonyl (C=O) groups is 2. The number of aryl methyl sites for hydroxylation is 1. The Morgan fingerprint density at radius 2 is 1.73 bits per heavy atom. The fourth-order valence-corrected chi connectivity index (χ4v) is 5.10. The van der Waals surface area contributed by atoms with Crippen molar-refractivity contribution in [2.75, 3.05) is 49.2 Å². The van der Waals surface area contributed by atoms with Gasteiger partial charge in [0.1, 0.15) is 10.7 Å². The van der Waals surface area contributed by atoms with Crippen LogP contribution in [-0.4, -0.2) is 64.8 Å². The van der Waals surface area contributed by atoms with Crippen LogP contribution < -0.4 is 16.0 Å². The molecule has 2 amide bonds. The van der Waals surface area contributed by atoms with Crippen LogP contribution in [0, 0.1) is 6.92 Å². The molecule has 0 unspecified atom stereocenters. The van der Waals surface area contributed by atoms with Crippen LogP contribution in [0.2, 0.25) is 0 Å². The Morgan fingerprint density at radius 1 is 0.933 bits per heavy atom. The minimum atomic E-state index is -4.60. The van der Waals surface area contributed by atoms with Crippen molar-refractivity contribution in [3.63, 3.8) is 0 Å². The molecular formula is C32H36F3N7O2S. The molecule has 0 fully saturated rings. The van der Waals surface area contributed by atoms with Gasteiger partial charge in [-0.05, 0) is 74.6 Å². The molecule has 13 heteroatoms. The van der Waals surface area contributed by atoms with Gasteiger partial charge in [-0.15, -0.1) is 0 Å². The SMILES string of the molecule is CCN(C)CCN(CC)Cc1ccc(NC(=O)c2ccc(C)c(NC(=O)c3cnc(Nc4ccccn4)s3)c2)cc1C(F)(F)F. The normalized spacial score (nSPS) is 11.6. The van der Waals surface area contributed by atoms with Crippen molar-refractivity contribution < 1.29 is 22.8 Å². The summed E-state index contributed by atoms with van der Waals surface area (Å²) in [6.45, 7) is 8.69. The minimum Gasteiger partial charge on any atom is -0.322 e. The number of halogens is 3. The van der Waals surface area contributed by atoms with Crippen molar-refractivity contribution >= 4 is 45.5 Å². The molecule has 3 N–H and O–H groups in total. The summed E-state index contributed by atoms with van der Waals surface area (Å²) in [7, 11) is 1.97. The van der Waals surface area contributed by atoms with Crippen molar-refractivity contribution in [1.29, 1.82) is 0 Å². The van der Waals surface area contributed by atoms with Crippen LogP contribution in [0.3, 0.4) is 0 Å². The van der Waals surface area contributed by atoms with Gasteiger partial charge in [0.15, 0.2) is 5.13 Å². The Labute approximate surface area is 264 Å². The molecule has 45 heavy (non-hydrogen) atoms. The highest BCUT2D eigenvalue weighted by Gasteiger charge is 2.34. The molecule has 0 aliphatic rings. The monoisotopic (exact) mass is 639 g/mol. The van der Waals surface area contributed by atoms with Crippen molar-refractivity contribution in [2.45, 2.75) is 33.5 Å². The first-order valence-corrected chi connectivity index (χ1v) is 15.3. The quantitative estimate of drug-likeness (QED) is 0.147. The van der Waals surface area contributed by atoms with Crippen LogP contribution in [0.25, 0.3) is 0 Å². The van der Waals surface area contributed by atoms with Gasteiger partial charge in [0.05, 0.1) is 11.8 Å². The lowest BCUT2D eigenvalue weighted by Gasteiger charge is -2.25. The van der Waals surface area contributed by atoms with Gasteiger partial charge in [0.25, 0.3) is 11.8 Å². The summed E-state index contributed by atoms with van der Waals surface area (Å²) in [6, 6.07) is 13.9. The molecule has 0 radical (unpaired) electrons. The molecule has 0 atom stereocenters. The summed E-state index contributed by atoms with van der Waals surface area (Å²) in [6.07, 6.45) is -1.53. The number of anilines is 4. The van der Waals surface area contributed by atoms with Crippen LogP contribution in [-0.2, 0) is 12.7 Å². The number of amides is 2. The molecule has 4 aromatic rings. The molecule has 2 heterocycles. The van der Waals surface area contributed by atoms with E-state index in [1.165, 1.54) is 24.4 Å². The van der Waals surface area contributed by atoms with Crippen molar-refractivity contribution in [3.8, 4) is 0 Å². The highest BCUT2D eigenvalue weighted by molar-refractivity contribution is 7.17. The van der Waals surface area contributed by atoms with Crippen LogP contribution in [0.15, 0.2) is 67.0 Å².